The van der Waals surface area contributed by atoms with Gasteiger partial charge in [-0.05, 0) is 217 Å². The third-order valence-electron chi connectivity index (χ3n) is 21.9. The lowest BCUT2D eigenvalue weighted by atomic mass is 10.0. The van der Waals surface area contributed by atoms with Crippen molar-refractivity contribution in [3.63, 3.8) is 0 Å². The van der Waals surface area contributed by atoms with Gasteiger partial charge < -0.3 is 22.1 Å². The minimum Gasteiger partial charge on any atom is -0.456 e. The Morgan fingerprint density at radius 1 is 0.307 bits per heavy atom. The molecule has 0 amide bonds. The molecule has 0 spiro atoms. The Hall–Kier alpha value is -13.4. The van der Waals surface area contributed by atoms with Gasteiger partial charge in [0.2, 0.25) is 39.9 Å². The minimum absolute atomic E-state index is 0.319. The zero-order chi connectivity index (χ0) is 81.7. The predicted octanol–water partition coefficient (Wildman–Crippen LogP) is 21.5. The van der Waals surface area contributed by atoms with Crippen LogP contribution >= 0.6 is 0 Å². The van der Waals surface area contributed by atoms with Gasteiger partial charge in [0.1, 0.15) is 74.3 Å². The SMILES string of the molecule is CCc1ccc(-c2cc3c(cc2C)oc2cccnc23)[n+](C)c1.CCc1ccc(-c2cc3c(cc2C)oc2ccncc23)[n+](C)c1.CCc1ccc(-c2cc3c(cc2C)oc2cnccc23)[n+](C)c1.CCc1ccc(-c2cc3c(cc2C)oc2ncccc23)[n+](C)c1.[2H]C([2H])([2H])c1ccc(-c2cc3c(nc2C)oc2ccccc23)[n+](C)c1. The molecule has 0 aliphatic carbocycles. The maximum atomic E-state index is 7.56. The van der Waals surface area contributed by atoms with Crippen LogP contribution in [-0.2, 0) is 60.9 Å². The van der Waals surface area contributed by atoms with E-state index in [4.69, 9.17) is 26.2 Å². The van der Waals surface area contributed by atoms with E-state index < -0.39 is 6.85 Å². The van der Waals surface area contributed by atoms with Crippen molar-refractivity contribution in [1.29, 1.82) is 0 Å². The highest BCUT2D eigenvalue weighted by molar-refractivity contribution is 6.09. The number of aromatic nitrogens is 10. The molecule has 0 aliphatic rings. The molecule has 5 aromatic carbocycles. The van der Waals surface area contributed by atoms with E-state index in [1.807, 2.05) is 97.8 Å². The first-order chi connectivity index (χ1) is 56.5. The van der Waals surface area contributed by atoms with Gasteiger partial charge in [-0.2, -0.15) is 0 Å². The molecular formula is C99H93N10O5+5. The highest BCUT2D eigenvalue weighted by atomic mass is 16.4. The minimum atomic E-state index is -2.12. The maximum Gasteiger partial charge on any atom is 0.227 e. The number of para-hydroxylation sites is 1. The van der Waals surface area contributed by atoms with E-state index in [2.05, 4.69) is 261 Å². The summed E-state index contributed by atoms with van der Waals surface area (Å²) in [6.07, 6.45) is 25.5. The molecule has 0 unspecified atom stereocenters. The van der Waals surface area contributed by atoms with Crippen molar-refractivity contribution in [2.45, 2.75) is 94.8 Å². The quantitative estimate of drug-likeness (QED) is 0.128. The van der Waals surface area contributed by atoms with Crippen LogP contribution in [0.5, 0.6) is 0 Å². The fourth-order valence-electron chi connectivity index (χ4n) is 15.7. The number of furan rings is 5. The Morgan fingerprint density at radius 2 is 0.711 bits per heavy atom. The molecule has 0 aliphatic heterocycles. The number of hydrogen-bond acceptors (Lipinski definition) is 10. The van der Waals surface area contributed by atoms with E-state index in [-0.39, 0.29) is 0 Å². The molecule has 15 aromatic heterocycles. The van der Waals surface area contributed by atoms with E-state index >= 15 is 0 Å². The van der Waals surface area contributed by atoms with E-state index in [0.717, 1.165) is 141 Å². The van der Waals surface area contributed by atoms with Crippen LogP contribution in [-0.4, -0.2) is 24.9 Å². The molecule has 114 heavy (non-hydrogen) atoms. The molecule has 564 valence electrons. The number of nitrogens with zero attached hydrogens (tertiary/aromatic N) is 10. The van der Waals surface area contributed by atoms with E-state index in [0.29, 0.717) is 17.0 Å². The molecule has 0 radical (unpaired) electrons. The van der Waals surface area contributed by atoms with Gasteiger partial charge in [-0.15, -0.1) is 0 Å². The molecule has 15 nitrogen and oxygen atoms in total. The van der Waals surface area contributed by atoms with Gasteiger partial charge in [-0.1, -0.05) is 45.9 Å². The van der Waals surface area contributed by atoms with Crippen molar-refractivity contribution in [2.75, 3.05) is 0 Å². The first-order valence-electron chi connectivity index (χ1n) is 40.4. The number of pyridine rings is 10. The topological polar surface area (TPSA) is 150 Å². The van der Waals surface area contributed by atoms with Crippen molar-refractivity contribution >= 4 is 110 Å². The van der Waals surface area contributed by atoms with E-state index in [1.165, 1.54) is 89.5 Å². The number of benzene rings is 5. The Balaban J connectivity index is 0.000000110. The fraction of sp³-hybridized carbons (Fsp3) is 0.192. The largest absolute Gasteiger partial charge is 0.456 e. The van der Waals surface area contributed by atoms with Gasteiger partial charge in [0.05, 0.1) is 17.5 Å². The van der Waals surface area contributed by atoms with Gasteiger partial charge >= 0.3 is 0 Å². The second kappa shape index (κ2) is 31.4. The number of fused-ring (bicyclic) bond motifs is 15. The zero-order valence-corrected chi connectivity index (χ0v) is 66.9. The molecule has 0 fully saturated rings. The molecule has 15 heteroatoms. The Morgan fingerprint density at radius 3 is 1.26 bits per heavy atom. The highest BCUT2D eigenvalue weighted by Gasteiger charge is 2.24. The Bertz CT molecular complexity index is 6550. The van der Waals surface area contributed by atoms with E-state index in [1.54, 1.807) is 30.9 Å². The molecule has 20 aromatic rings. The molecule has 0 saturated carbocycles. The number of rotatable bonds is 9. The van der Waals surface area contributed by atoms with Crippen LogP contribution in [0.1, 0.15) is 87.6 Å². The molecule has 0 bridgehead atoms. The molecule has 0 saturated heterocycles. The summed E-state index contributed by atoms with van der Waals surface area (Å²) in [6.45, 7) is 17.0. The summed E-state index contributed by atoms with van der Waals surface area (Å²) < 4.78 is 62.8. The summed E-state index contributed by atoms with van der Waals surface area (Å²) in [6, 6.07) is 60.2. The molecule has 0 N–H and O–H groups in total. The van der Waals surface area contributed by atoms with Gasteiger partial charge in [0.15, 0.2) is 42.2 Å². The first-order valence-corrected chi connectivity index (χ1v) is 38.9. The van der Waals surface area contributed by atoms with Crippen LogP contribution in [0, 0.1) is 41.5 Å². The lowest BCUT2D eigenvalue weighted by molar-refractivity contribution is -0.660. The normalized spacial score (nSPS) is 11.9. The third kappa shape index (κ3) is 14.5. The van der Waals surface area contributed by atoms with Crippen molar-refractivity contribution in [2.24, 2.45) is 35.2 Å². The average Bonchev–Trinajstić information content (AvgIpc) is 1.67. The lowest BCUT2D eigenvalue weighted by Crippen LogP contribution is -2.31. The summed E-state index contributed by atoms with van der Waals surface area (Å²) in [5.41, 5.74) is 32.2. The first kappa shape index (κ1) is 70.9. The summed E-state index contributed by atoms with van der Waals surface area (Å²) in [5, 5.41) is 9.67. The Kier molecular flexibility index (Phi) is 19.5. The van der Waals surface area contributed by atoms with Gasteiger partial charge in [0.25, 0.3) is 0 Å². The van der Waals surface area contributed by atoms with Gasteiger partial charge in [-0.25, -0.2) is 32.8 Å². The zero-order valence-electron chi connectivity index (χ0n) is 69.9. The third-order valence-corrected chi connectivity index (χ3v) is 21.9. The van der Waals surface area contributed by atoms with E-state index in [9.17, 15) is 0 Å². The van der Waals surface area contributed by atoms with Gasteiger partial charge in [0, 0.05) is 164 Å². The monoisotopic (exact) mass is 1500 g/mol. The smallest absolute Gasteiger partial charge is 0.227 e. The molecule has 0 atom stereocenters. The van der Waals surface area contributed by atoms with Crippen molar-refractivity contribution in [1.82, 2.24) is 24.9 Å². The van der Waals surface area contributed by atoms with Crippen molar-refractivity contribution < 1.29 is 49.0 Å². The van der Waals surface area contributed by atoms with Crippen LogP contribution < -0.4 is 22.8 Å². The van der Waals surface area contributed by atoms with Crippen LogP contribution in [0.25, 0.3) is 166 Å². The van der Waals surface area contributed by atoms with Crippen LogP contribution in [0.4, 0.5) is 0 Å². The summed E-state index contributed by atoms with van der Waals surface area (Å²) in [4.78, 5) is 21.8. The maximum absolute atomic E-state index is 7.56. The summed E-state index contributed by atoms with van der Waals surface area (Å²) in [5.74, 6) is 0. The summed E-state index contributed by atoms with van der Waals surface area (Å²) >= 11 is 0. The highest BCUT2D eigenvalue weighted by Crippen LogP contribution is 2.39. The lowest BCUT2D eigenvalue weighted by Gasteiger charge is -2.06. The predicted molar refractivity (Wildman–Crippen MR) is 457 cm³/mol. The van der Waals surface area contributed by atoms with Crippen molar-refractivity contribution in [3.05, 3.63) is 300 Å². The van der Waals surface area contributed by atoms with Crippen LogP contribution in [0.3, 0.4) is 0 Å². The molecule has 20 rings (SSSR count). The van der Waals surface area contributed by atoms with Gasteiger partial charge in [-0.3, -0.25) is 15.0 Å². The summed E-state index contributed by atoms with van der Waals surface area (Å²) in [7, 11) is 10.3. The standard InChI is InChI=1S/4C20H19N2O.C19H17N2O/c1-4-14-5-6-18(22(3)12-14)15-10-16-17-11-21-8-7-19(17)23-20(16)9-13(15)2;1-4-14-5-6-18(22(3)12-14)16-10-17-15-7-8-21-11-20(15)23-19(17)9-13(16)2;1-4-14-7-8-17(22(3)12-14)15-11-16-19(10-13(15)2)23-18-6-5-9-21-20(16)18;1-4-14-7-8-18(22(3)12-14)16-11-17-15-6-5-9-21-20(15)23-19(17)10-13(16)2;1-12-8-9-17(21(3)11-12)15-10-16-14-6-4-5-7-18(14)22-19(16)20-13(15)2/h4*5-12H,4H2,1-3H3;4-11H,1-3H3/q5*+1/i;;;;1D3. The molecular weight excluding hydrogens is 1410 g/mol. The van der Waals surface area contributed by atoms with Crippen LogP contribution in [0.2, 0.25) is 0 Å². The number of hydrogen-bond donors (Lipinski definition) is 0. The Labute approximate surface area is 666 Å². The second-order valence-corrected chi connectivity index (χ2v) is 29.5. The fourth-order valence-corrected chi connectivity index (χ4v) is 15.7. The second-order valence-electron chi connectivity index (χ2n) is 29.5. The van der Waals surface area contributed by atoms with Crippen molar-refractivity contribution in [3.8, 4) is 56.3 Å². The molecule has 15 heterocycles. The number of aryl methyl sites for hydroxylation is 15. The average molecular weight is 1510 g/mol. The van der Waals surface area contributed by atoms with Crippen LogP contribution in [0.15, 0.2) is 266 Å².